The fraction of sp³-hybridized carbons (Fsp3) is 0.667. The Morgan fingerprint density at radius 1 is 0.950 bits per heavy atom. The Labute approximate surface area is 124 Å². The molecule has 1 aromatic carbocycles. The minimum absolute atomic E-state index is 0.199. The van der Waals surface area contributed by atoms with E-state index in [0.717, 1.165) is 12.3 Å². The van der Waals surface area contributed by atoms with Gasteiger partial charge in [0.25, 0.3) is 0 Å². The van der Waals surface area contributed by atoms with Crippen LogP contribution in [0.4, 0.5) is 0 Å². The molecular formula is C18H31NO. The van der Waals surface area contributed by atoms with Crippen LogP contribution in [-0.4, -0.2) is 18.7 Å². The van der Waals surface area contributed by atoms with Crippen LogP contribution in [0.1, 0.15) is 65.4 Å². The van der Waals surface area contributed by atoms with Gasteiger partial charge in [-0.2, -0.15) is 0 Å². The second kappa shape index (κ2) is 9.02. The summed E-state index contributed by atoms with van der Waals surface area (Å²) in [6, 6.07) is 9.16. The van der Waals surface area contributed by atoms with Gasteiger partial charge in [-0.1, -0.05) is 39.8 Å². The molecule has 0 bridgehead atoms. The standard InChI is InChI=1S/C18H31NO/c1-6-14(4)16-9-11-18(12-10-16)20-15(5)13-19-17(7-2)8-3/h9-12,14-15,17,19H,6-8,13H2,1-5H3. The summed E-state index contributed by atoms with van der Waals surface area (Å²) in [5, 5.41) is 3.55. The molecule has 2 atom stereocenters. The predicted octanol–water partition coefficient (Wildman–Crippen LogP) is 4.75. The zero-order valence-electron chi connectivity index (χ0n) is 13.8. The van der Waals surface area contributed by atoms with Crippen molar-refractivity contribution in [3.05, 3.63) is 29.8 Å². The summed E-state index contributed by atoms with van der Waals surface area (Å²) in [4.78, 5) is 0. The van der Waals surface area contributed by atoms with Crippen LogP contribution in [0.5, 0.6) is 5.75 Å². The highest BCUT2D eigenvalue weighted by molar-refractivity contribution is 5.29. The van der Waals surface area contributed by atoms with Gasteiger partial charge in [0.15, 0.2) is 0 Å². The first-order chi connectivity index (χ1) is 9.60. The Kier molecular flexibility index (Phi) is 7.68. The second-order valence-electron chi connectivity index (χ2n) is 5.73. The smallest absolute Gasteiger partial charge is 0.119 e. The number of hydrogen-bond donors (Lipinski definition) is 1. The molecule has 0 aromatic heterocycles. The molecule has 0 amide bonds. The lowest BCUT2D eigenvalue weighted by Crippen LogP contribution is -2.36. The lowest BCUT2D eigenvalue weighted by atomic mass is 9.99. The summed E-state index contributed by atoms with van der Waals surface area (Å²) in [5.41, 5.74) is 1.39. The van der Waals surface area contributed by atoms with Crippen molar-refractivity contribution in [1.29, 1.82) is 0 Å². The summed E-state index contributed by atoms with van der Waals surface area (Å²) in [6.07, 6.45) is 3.72. The van der Waals surface area contributed by atoms with Crippen molar-refractivity contribution in [2.24, 2.45) is 0 Å². The molecular weight excluding hydrogens is 246 g/mol. The minimum atomic E-state index is 0.199. The molecule has 0 saturated heterocycles. The van der Waals surface area contributed by atoms with Gasteiger partial charge in [-0.25, -0.2) is 0 Å². The molecule has 2 nitrogen and oxygen atoms in total. The van der Waals surface area contributed by atoms with E-state index in [-0.39, 0.29) is 6.10 Å². The average molecular weight is 277 g/mol. The van der Waals surface area contributed by atoms with Gasteiger partial charge in [-0.05, 0) is 49.8 Å². The summed E-state index contributed by atoms with van der Waals surface area (Å²) in [7, 11) is 0. The molecule has 0 spiro atoms. The van der Waals surface area contributed by atoms with Crippen LogP contribution in [0.3, 0.4) is 0 Å². The van der Waals surface area contributed by atoms with Gasteiger partial charge < -0.3 is 10.1 Å². The molecule has 0 saturated carbocycles. The first-order valence-corrected chi connectivity index (χ1v) is 8.10. The number of rotatable bonds is 9. The average Bonchev–Trinajstić information content (AvgIpc) is 2.48. The molecule has 114 valence electrons. The Balaban J connectivity index is 2.43. The van der Waals surface area contributed by atoms with Crippen LogP contribution >= 0.6 is 0 Å². The topological polar surface area (TPSA) is 21.3 Å². The minimum Gasteiger partial charge on any atom is -0.489 e. The normalized spacial score (nSPS) is 14.3. The third kappa shape index (κ3) is 5.54. The van der Waals surface area contributed by atoms with E-state index in [1.165, 1.54) is 24.8 Å². The van der Waals surface area contributed by atoms with Gasteiger partial charge in [-0.15, -0.1) is 0 Å². The van der Waals surface area contributed by atoms with Crippen LogP contribution in [0.15, 0.2) is 24.3 Å². The highest BCUT2D eigenvalue weighted by atomic mass is 16.5. The third-order valence-corrected chi connectivity index (χ3v) is 4.08. The van der Waals surface area contributed by atoms with E-state index >= 15 is 0 Å². The van der Waals surface area contributed by atoms with E-state index in [2.05, 4.69) is 64.2 Å². The van der Waals surface area contributed by atoms with Crippen LogP contribution in [0, 0.1) is 0 Å². The fourth-order valence-electron chi connectivity index (χ4n) is 2.29. The molecule has 1 aromatic rings. The molecule has 0 aliphatic carbocycles. The number of nitrogens with one attached hydrogen (secondary N) is 1. The molecule has 2 heteroatoms. The number of benzene rings is 1. The maximum absolute atomic E-state index is 5.96. The van der Waals surface area contributed by atoms with E-state index in [9.17, 15) is 0 Å². The Bertz CT molecular complexity index is 356. The van der Waals surface area contributed by atoms with Crippen LogP contribution < -0.4 is 10.1 Å². The van der Waals surface area contributed by atoms with Gasteiger partial charge in [-0.3, -0.25) is 0 Å². The Hall–Kier alpha value is -1.02. The van der Waals surface area contributed by atoms with Gasteiger partial charge in [0.1, 0.15) is 11.9 Å². The highest BCUT2D eigenvalue weighted by Gasteiger charge is 2.08. The van der Waals surface area contributed by atoms with Crippen LogP contribution in [0.2, 0.25) is 0 Å². The van der Waals surface area contributed by atoms with Gasteiger partial charge >= 0.3 is 0 Å². The van der Waals surface area contributed by atoms with Gasteiger partial charge in [0.2, 0.25) is 0 Å². The summed E-state index contributed by atoms with van der Waals surface area (Å²) >= 11 is 0. The molecule has 20 heavy (non-hydrogen) atoms. The van der Waals surface area contributed by atoms with Gasteiger partial charge in [0, 0.05) is 12.6 Å². The lowest BCUT2D eigenvalue weighted by molar-refractivity contribution is 0.210. The van der Waals surface area contributed by atoms with Crippen molar-refractivity contribution in [2.75, 3.05) is 6.54 Å². The molecule has 1 rings (SSSR count). The number of ether oxygens (including phenoxy) is 1. The first-order valence-electron chi connectivity index (χ1n) is 8.10. The Morgan fingerprint density at radius 3 is 2.05 bits per heavy atom. The first kappa shape index (κ1) is 17.0. The number of hydrogen-bond acceptors (Lipinski definition) is 2. The maximum atomic E-state index is 5.96. The zero-order chi connectivity index (χ0) is 15.0. The summed E-state index contributed by atoms with van der Waals surface area (Å²) in [6.45, 7) is 12.0. The lowest BCUT2D eigenvalue weighted by Gasteiger charge is -2.20. The van der Waals surface area contributed by atoms with E-state index < -0.39 is 0 Å². The molecule has 0 heterocycles. The Morgan fingerprint density at radius 2 is 1.55 bits per heavy atom. The van der Waals surface area contributed by atoms with Crippen LogP contribution in [0.25, 0.3) is 0 Å². The SMILES string of the molecule is CCC(CC)NCC(C)Oc1ccc(C(C)CC)cc1. The molecule has 0 aliphatic rings. The predicted molar refractivity (Wildman–Crippen MR) is 87.6 cm³/mol. The molecule has 0 aliphatic heterocycles. The molecule has 1 N–H and O–H groups in total. The second-order valence-corrected chi connectivity index (χ2v) is 5.73. The molecule has 0 radical (unpaired) electrons. The van der Waals surface area contributed by atoms with Crippen molar-refractivity contribution in [3.8, 4) is 5.75 Å². The highest BCUT2D eigenvalue weighted by Crippen LogP contribution is 2.21. The molecule has 2 unspecified atom stereocenters. The summed E-state index contributed by atoms with van der Waals surface area (Å²) < 4.78 is 5.96. The van der Waals surface area contributed by atoms with E-state index in [0.29, 0.717) is 12.0 Å². The van der Waals surface area contributed by atoms with E-state index in [1.807, 2.05) is 0 Å². The van der Waals surface area contributed by atoms with Crippen LogP contribution in [-0.2, 0) is 0 Å². The van der Waals surface area contributed by atoms with E-state index in [1.54, 1.807) is 0 Å². The van der Waals surface area contributed by atoms with Crippen molar-refractivity contribution >= 4 is 0 Å². The summed E-state index contributed by atoms with van der Waals surface area (Å²) in [5.74, 6) is 1.59. The molecule has 0 fully saturated rings. The largest absolute Gasteiger partial charge is 0.489 e. The van der Waals surface area contributed by atoms with Crippen molar-refractivity contribution < 1.29 is 4.74 Å². The van der Waals surface area contributed by atoms with Gasteiger partial charge in [0.05, 0.1) is 0 Å². The fourth-order valence-corrected chi connectivity index (χ4v) is 2.29. The third-order valence-electron chi connectivity index (χ3n) is 4.08. The van der Waals surface area contributed by atoms with Crippen molar-refractivity contribution in [2.45, 2.75) is 71.9 Å². The van der Waals surface area contributed by atoms with Crippen molar-refractivity contribution in [3.63, 3.8) is 0 Å². The van der Waals surface area contributed by atoms with E-state index in [4.69, 9.17) is 4.74 Å². The quantitative estimate of drug-likeness (QED) is 0.703. The van der Waals surface area contributed by atoms with Crippen molar-refractivity contribution in [1.82, 2.24) is 5.32 Å². The zero-order valence-corrected chi connectivity index (χ0v) is 13.8. The maximum Gasteiger partial charge on any atom is 0.119 e. The monoisotopic (exact) mass is 277 g/mol.